The van der Waals surface area contributed by atoms with Crippen LogP contribution in [0.1, 0.15) is 13.3 Å². The van der Waals surface area contributed by atoms with E-state index in [1.165, 1.54) is 11.9 Å². The highest BCUT2D eigenvalue weighted by Crippen LogP contribution is 2.26. The highest BCUT2D eigenvalue weighted by Gasteiger charge is 2.23. The quantitative estimate of drug-likeness (QED) is 0.476. The molecular weight excluding hydrogens is 274 g/mol. The number of nitrogens with one attached hydrogen (secondary N) is 1. The lowest BCUT2D eigenvalue weighted by molar-refractivity contribution is -0.384. The molecule has 0 saturated carbocycles. The van der Waals surface area contributed by atoms with Crippen LogP contribution in [-0.2, 0) is 4.79 Å². The lowest BCUT2D eigenvalue weighted by Gasteiger charge is -2.21. The molecular formula is C10H14ClN5O3. The van der Waals surface area contributed by atoms with Crippen molar-refractivity contribution >= 4 is 29.0 Å². The molecule has 1 aromatic rings. The molecule has 0 radical (unpaired) electrons. The molecule has 1 rings (SSSR count). The Morgan fingerprint density at radius 3 is 2.84 bits per heavy atom. The van der Waals surface area contributed by atoms with E-state index in [4.69, 9.17) is 11.6 Å². The molecule has 1 N–H and O–H groups in total. The number of nitro groups is 1. The van der Waals surface area contributed by atoms with Crippen LogP contribution in [0.4, 0.5) is 11.5 Å². The van der Waals surface area contributed by atoms with Crippen LogP contribution in [0.15, 0.2) is 6.20 Å². The number of amides is 1. The van der Waals surface area contributed by atoms with Crippen molar-refractivity contribution in [2.24, 2.45) is 0 Å². The van der Waals surface area contributed by atoms with Gasteiger partial charge in [-0.15, -0.1) is 0 Å². The van der Waals surface area contributed by atoms with Crippen LogP contribution in [0.5, 0.6) is 0 Å². The summed E-state index contributed by atoms with van der Waals surface area (Å²) in [5, 5.41) is 13.3. The predicted molar refractivity (Wildman–Crippen MR) is 70.3 cm³/mol. The number of rotatable bonds is 6. The molecule has 1 heterocycles. The molecule has 1 amide bonds. The van der Waals surface area contributed by atoms with Crippen LogP contribution in [-0.4, -0.2) is 40.9 Å². The number of nitrogens with zero attached hydrogens (tertiary/aromatic N) is 4. The summed E-state index contributed by atoms with van der Waals surface area (Å²) in [6.07, 6.45) is 1.74. The van der Waals surface area contributed by atoms with Crippen LogP contribution in [0.2, 0.25) is 5.28 Å². The van der Waals surface area contributed by atoms with Gasteiger partial charge in [0.05, 0.1) is 11.5 Å². The summed E-state index contributed by atoms with van der Waals surface area (Å²) < 4.78 is 0. The monoisotopic (exact) mass is 287 g/mol. The van der Waals surface area contributed by atoms with Gasteiger partial charge in [-0.3, -0.25) is 14.9 Å². The van der Waals surface area contributed by atoms with Crippen molar-refractivity contribution in [2.45, 2.75) is 13.3 Å². The number of anilines is 1. The van der Waals surface area contributed by atoms with Crippen molar-refractivity contribution in [2.75, 3.05) is 25.0 Å². The highest BCUT2D eigenvalue weighted by molar-refractivity contribution is 6.28. The van der Waals surface area contributed by atoms with Crippen molar-refractivity contribution < 1.29 is 9.72 Å². The van der Waals surface area contributed by atoms with Crippen LogP contribution >= 0.6 is 11.6 Å². The Bertz CT molecular complexity index is 482. The Kier molecular flexibility index (Phi) is 5.43. The number of aromatic nitrogens is 2. The van der Waals surface area contributed by atoms with Gasteiger partial charge in [0.25, 0.3) is 0 Å². The van der Waals surface area contributed by atoms with Crippen LogP contribution < -0.4 is 10.2 Å². The van der Waals surface area contributed by atoms with Crippen molar-refractivity contribution in [3.63, 3.8) is 0 Å². The molecule has 0 aliphatic rings. The maximum Gasteiger partial charge on any atom is 0.329 e. The first-order valence-corrected chi connectivity index (χ1v) is 5.99. The summed E-state index contributed by atoms with van der Waals surface area (Å²) in [6.45, 7) is 2.31. The van der Waals surface area contributed by atoms with E-state index in [-0.39, 0.29) is 29.2 Å². The average Bonchev–Trinajstić information content (AvgIpc) is 2.37. The summed E-state index contributed by atoms with van der Waals surface area (Å²) in [7, 11) is 1.49. The van der Waals surface area contributed by atoms with Gasteiger partial charge in [-0.05, 0) is 18.0 Å². The molecule has 0 bridgehead atoms. The molecule has 104 valence electrons. The molecule has 0 aliphatic heterocycles. The number of hydrogen-bond donors (Lipinski definition) is 1. The Balaban J connectivity index is 3.16. The molecule has 1 aromatic heterocycles. The summed E-state index contributed by atoms with van der Waals surface area (Å²) in [4.78, 5) is 30.7. The Labute approximate surface area is 114 Å². The number of likely N-dealkylation sites (N-methyl/N-ethyl adjacent to an activating group) is 1. The Morgan fingerprint density at radius 1 is 1.63 bits per heavy atom. The normalized spacial score (nSPS) is 10.1. The Morgan fingerprint density at radius 2 is 2.32 bits per heavy atom. The third-order valence-corrected chi connectivity index (χ3v) is 2.51. The van der Waals surface area contributed by atoms with E-state index < -0.39 is 4.92 Å². The number of carbonyl (C=O) groups excluding carboxylic acids is 1. The third kappa shape index (κ3) is 4.02. The zero-order chi connectivity index (χ0) is 14.4. The van der Waals surface area contributed by atoms with E-state index in [1.807, 2.05) is 6.92 Å². The molecule has 0 fully saturated rings. The standard InChI is InChI=1S/C10H14ClN5O3/c1-3-4-15(6-8(17)12-2)9-7(16(18)19)5-13-10(11)14-9/h5H,3-4,6H2,1-2H3,(H,12,17). The van der Waals surface area contributed by atoms with Crippen LogP contribution in [0.25, 0.3) is 0 Å². The molecule has 0 spiro atoms. The lowest BCUT2D eigenvalue weighted by Crippen LogP contribution is -2.37. The minimum Gasteiger partial charge on any atom is -0.358 e. The van der Waals surface area contributed by atoms with Gasteiger partial charge < -0.3 is 10.2 Å². The molecule has 0 saturated heterocycles. The molecule has 8 nitrogen and oxygen atoms in total. The van der Waals surface area contributed by atoms with Gasteiger partial charge in [-0.1, -0.05) is 6.92 Å². The number of halogens is 1. The Hall–Kier alpha value is -1.96. The molecule has 0 aliphatic carbocycles. The topological polar surface area (TPSA) is 101 Å². The third-order valence-electron chi connectivity index (χ3n) is 2.32. The lowest BCUT2D eigenvalue weighted by atomic mass is 10.3. The first-order chi connectivity index (χ1) is 8.99. The maximum atomic E-state index is 11.4. The minimum absolute atomic E-state index is 0.0292. The zero-order valence-electron chi connectivity index (χ0n) is 10.6. The average molecular weight is 288 g/mol. The molecule has 0 aromatic carbocycles. The van der Waals surface area contributed by atoms with Gasteiger partial charge in [-0.2, -0.15) is 4.98 Å². The molecule has 9 heteroatoms. The van der Waals surface area contributed by atoms with Crippen molar-refractivity contribution in [3.8, 4) is 0 Å². The second-order valence-electron chi connectivity index (χ2n) is 3.70. The van der Waals surface area contributed by atoms with E-state index in [9.17, 15) is 14.9 Å². The molecule has 0 atom stereocenters. The van der Waals surface area contributed by atoms with Gasteiger partial charge in [-0.25, -0.2) is 4.98 Å². The van der Waals surface area contributed by atoms with Gasteiger partial charge in [0.15, 0.2) is 0 Å². The van der Waals surface area contributed by atoms with E-state index in [1.54, 1.807) is 0 Å². The van der Waals surface area contributed by atoms with Gasteiger partial charge >= 0.3 is 5.69 Å². The van der Waals surface area contributed by atoms with Crippen LogP contribution in [0, 0.1) is 10.1 Å². The summed E-state index contributed by atoms with van der Waals surface area (Å²) in [6, 6.07) is 0. The second-order valence-corrected chi connectivity index (χ2v) is 4.04. The summed E-state index contributed by atoms with van der Waals surface area (Å²) in [5.74, 6) is -0.215. The summed E-state index contributed by atoms with van der Waals surface area (Å²) in [5.41, 5.74) is -0.276. The van der Waals surface area contributed by atoms with Crippen molar-refractivity contribution in [1.29, 1.82) is 0 Å². The second kappa shape index (κ2) is 6.83. The largest absolute Gasteiger partial charge is 0.358 e. The fourth-order valence-electron chi connectivity index (χ4n) is 1.49. The molecule has 19 heavy (non-hydrogen) atoms. The number of hydrogen-bond acceptors (Lipinski definition) is 6. The highest BCUT2D eigenvalue weighted by atomic mass is 35.5. The van der Waals surface area contributed by atoms with Crippen LogP contribution in [0.3, 0.4) is 0 Å². The van der Waals surface area contributed by atoms with E-state index in [0.29, 0.717) is 13.0 Å². The van der Waals surface area contributed by atoms with E-state index in [2.05, 4.69) is 15.3 Å². The minimum atomic E-state index is -0.599. The zero-order valence-corrected chi connectivity index (χ0v) is 11.3. The fraction of sp³-hybridized carbons (Fsp3) is 0.500. The van der Waals surface area contributed by atoms with Gasteiger partial charge in [0.2, 0.25) is 17.0 Å². The SMILES string of the molecule is CCCN(CC(=O)NC)c1nc(Cl)ncc1[N+](=O)[O-]. The van der Waals surface area contributed by atoms with Gasteiger partial charge in [0.1, 0.15) is 6.20 Å². The first kappa shape index (κ1) is 15.1. The smallest absolute Gasteiger partial charge is 0.329 e. The summed E-state index contributed by atoms with van der Waals surface area (Å²) >= 11 is 5.66. The fourth-order valence-corrected chi connectivity index (χ4v) is 1.62. The maximum absolute atomic E-state index is 11.4. The van der Waals surface area contributed by atoms with E-state index >= 15 is 0 Å². The first-order valence-electron chi connectivity index (χ1n) is 5.62. The number of carbonyl (C=O) groups is 1. The molecule has 0 unspecified atom stereocenters. The van der Waals surface area contributed by atoms with Gasteiger partial charge in [0, 0.05) is 13.6 Å². The predicted octanol–water partition coefficient (Wildman–Crippen LogP) is 1.00. The van der Waals surface area contributed by atoms with Crippen molar-refractivity contribution in [1.82, 2.24) is 15.3 Å². The van der Waals surface area contributed by atoms with Crippen molar-refractivity contribution in [3.05, 3.63) is 21.6 Å². The van der Waals surface area contributed by atoms with E-state index in [0.717, 1.165) is 6.20 Å².